The third-order valence-electron chi connectivity index (χ3n) is 7.38. The second-order valence-electron chi connectivity index (χ2n) is 11.1. The Labute approximate surface area is 235 Å². The van der Waals surface area contributed by atoms with E-state index in [2.05, 4.69) is 61.5 Å². The third kappa shape index (κ3) is 5.38. The lowest BCUT2D eigenvalue weighted by atomic mass is 9.85. The zero-order valence-corrected chi connectivity index (χ0v) is 24.6. The molecule has 0 bridgehead atoms. The van der Waals surface area contributed by atoms with Crippen LogP contribution in [-0.4, -0.2) is 48.1 Å². The second kappa shape index (κ2) is 10.8. The summed E-state index contributed by atoms with van der Waals surface area (Å²) in [6.45, 7) is 9.06. The Morgan fingerprint density at radius 1 is 1.08 bits per heavy atom. The van der Waals surface area contributed by atoms with E-state index in [-0.39, 0.29) is 35.3 Å². The van der Waals surface area contributed by atoms with Crippen molar-refractivity contribution < 1.29 is 13.2 Å². The second-order valence-corrected chi connectivity index (χ2v) is 14.0. The first-order chi connectivity index (χ1) is 18.6. The van der Waals surface area contributed by atoms with Gasteiger partial charge in [0.15, 0.2) is 0 Å². The molecule has 0 saturated heterocycles. The highest BCUT2D eigenvalue weighted by molar-refractivity contribution is 7.89. The minimum absolute atomic E-state index is 0.0274. The maximum atomic E-state index is 14.0. The quantitative estimate of drug-likeness (QED) is 0.271. The number of carbonyl (C=O) groups excluding carboxylic acids is 1. The van der Waals surface area contributed by atoms with Gasteiger partial charge in [0.1, 0.15) is 4.90 Å². The predicted octanol–water partition coefficient (Wildman–Crippen LogP) is 6.17. The first-order valence-corrected chi connectivity index (χ1v) is 15.7. The monoisotopic (exact) mass is 561 g/mol. The van der Waals surface area contributed by atoms with E-state index < -0.39 is 10.0 Å². The molecule has 1 aliphatic rings. The first kappa shape index (κ1) is 27.5. The van der Waals surface area contributed by atoms with E-state index in [1.54, 1.807) is 35.7 Å². The summed E-state index contributed by atoms with van der Waals surface area (Å²) in [5.41, 5.74) is 3.85. The highest BCUT2D eigenvalue weighted by Gasteiger charge is 2.36. The summed E-state index contributed by atoms with van der Waals surface area (Å²) < 4.78 is 29.1. The Balaban J connectivity index is 1.48. The molecule has 1 amide bonds. The van der Waals surface area contributed by atoms with Gasteiger partial charge in [-0.3, -0.25) is 9.78 Å². The lowest BCUT2D eigenvalue weighted by molar-refractivity contribution is -0.133. The molecule has 4 aromatic rings. The molecule has 3 heterocycles. The van der Waals surface area contributed by atoms with Crippen molar-refractivity contribution in [3.63, 3.8) is 0 Å². The van der Waals surface area contributed by atoms with Gasteiger partial charge in [-0.25, -0.2) is 8.42 Å². The molecule has 39 heavy (non-hydrogen) atoms. The molecule has 2 aromatic carbocycles. The fourth-order valence-corrected chi connectivity index (χ4v) is 7.86. The van der Waals surface area contributed by atoms with Crippen LogP contribution in [0.4, 0.5) is 0 Å². The number of hydrogen-bond acceptors (Lipinski definition) is 5. The fourth-order valence-electron chi connectivity index (χ4n) is 5.31. The number of rotatable bonds is 7. The van der Waals surface area contributed by atoms with E-state index in [0.717, 1.165) is 22.9 Å². The van der Waals surface area contributed by atoms with Gasteiger partial charge in [-0.1, -0.05) is 70.2 Å². The topological polar surface area (TPSA) is 70.6 Å². The van der Waals surface area contributed by atoms with Crippen LogP contribution in [-0.2, 0) is 26.7 Å². The molecule has 0 aliphatic carbocycles. The summed E-state index contributed by atoms with van der Waals surface area (Å²) in [7, 11) is -3.95. The number of aromatic nitrogens is 1. The number of pyridine rings is 1. The largest absolute Gasteiger partial charge is 0.330 e. The molecule has 6 nitrogen and oxygen atoms in total. The third-order valence-corrected chi connectivity index (χ3v) is 10.3. The minimum Gasteiger partial charge on any atom is -0.330 e. The van der Waals surface area contributed by atoms with E-state index >= 15 is 0 Å². The Morgan fingerprint density at radius 2 is 1.82 bits per heavy atom. The molecular formula is C31H35N3O3S2. The van der Waals surface area contributed by atoms with Crippen LogP contribution < -0.4 is 0 Å². The van der Waals surface area contributed by atoms with E-state index in [9.17, 15) is 13.2 Å². The average Bonchev–Trinajstić information content (AvgIpc) is 3.40. The number of fused-ring (bicyclic) bond motifs is 2. The SMILES string of the molecule is CCCN(CC(=O)N1CCc2sccc2[C@@H]1c1ccc(C(C)(C)C)cc1)S(=O)(=O)c1cccc2cccnc12. The number of nitrogens with zero attached hydrogens (tertiary/aromatic N) is 3. The summed E-state index contributed by atoms with van der Waals surface area (Å²) in [5, 5.41) is 2.83. The Morgan fingerprint density at radius 3 is 2.54 bits per heavy atom. The predicted molar refractivity (Wildman–Crippen MR) is 158 cm³/mol. The molecule has 1 atom stereocenters. The number of amides is 1. The maximum Gasteiger partial charge on any atom is 0.245 e. The summed E-state index contributed by atoms with van der Waals surface area (Å²) in [6, 6.07) is 19.1. The lowest BCUT2D eigenvalue weighted by Gasteiger charge is -2.37. The van der Waals surface area contributed by atoms with E-state index in [1.165, 1.54) is 14.7 Å². The van der Waals surface area contributed by atoms with Gasteiger partial charge >= 0.3 is 0 Å². The van der Waals surface area contributed by atoms with Gasteiger partial charge in [-0.05, 0) is 58.5 Å². The van der Waals surface area contributed by atoms with Crippen LogP contribution in [0.25, 0.3) is 10.9 Å². The molecule has 0 saturated carbocycles. The van der Waals surface area contributed by atoms with Crippen LogP contribution in [0.3, 0.4) is 0 Å². The van der Waals surface area contributed by atoms with Crippen molar-refractivity contribution in [3.8, 4) is 0 Å². The van der Waals surface area contributed by atoms with Gasteiger partial charge < -0.3 is 4.90 Å². The van der Waals surface area contributed by atoms with Gasteiger partial charge in [0.05, 0.1) is 18.1 Å². The molecule has 8 heteroatoms. The van der Waals surface area contributed by atoms with Gasteiger partial charge in [-0.2, -0.15) is 4.31 Å². The molecule has 2 aromatic heterocycles. The van der Waals surface area contributed by atoms with Crippen LogP contribution in [0.1, 0.15) is 61.7 Å². The van der Waals surface area contributed by atoms with Gasteiger partial charge in [0.25, 0.3) is 0 Å². The Bertz CT molecular complexity index is 1580. The minimum atomic E-state index is -3.95. The first-order valence-electron chi connectivity index (χ1n) is 13.4. The van der Waals surface area contributed by atoms with E-state index in [0.29, 0.717) is 18.5 Å². The smallest absolute Gasteiger partial charge is 0.245 e. The highest BCUT2D eigenvalue weighted by Crippen LogP contribution is 2.39. The molecule has 0 fully saturated rings. The number of carbonyl (C=O) groups is 1. The molecular weight excluding hydrogens is 526 g/mol. The number of thiophene rings is 1. The van der Waals surface area contributed by atoms with Crippen molar-refractivity contribution in [2.24, 2.45) is 0 Å². The fraction of sp³-hybridized carbons (Fsp3) is 0.355. The van der Waals surface area contributed by atoms with E-state index in [1.807, 2.05) is 24.0 Å². The standard InChI is InChI=1S/C31H35N3O3S2/c1-5-18-33(39(36,37)27-10-6-8-22-9-7-17-32-29(22)27)21-28(35)34-19-15-26-25(16-20-38-26)30(34)23-11-13-24(14-12-23)31(2,3)4/h6-14,16-17,20,30H,5,15,18-19,21H2,1-4H3/t30-/m0/s1. The molecule has 1 aliphatic heterocycles. The van der Waals surface area contributed by atoms with Crippen LogP contribution >= 0.6 is 11.3 Å². The Hall–Kier alpha value is -3.07. The number of sulfonamides is 1. The molecule has 204 valence electrons. The summed E-state index contributed by atoms with van der Waals surface area (Å²) in [5.74, 6) is -0.193. The van der Waals surface area contributed by atoms with Crippen molar-refractivity contribution >= 4 is 38.2 Å². The van der Waals surface area contributed by atoms with Gasteiger partial charge in [-0.15, -0.1) is 11.3 Å². The molecule has 0 unspecified atom stereocenters. The van der Waals surface area contributed by atoms with Crippen molar-refractivity contribution in [2.75, 3.05) is 19.6 Å². The average molecular weight is 562 g/mol. The molecule has 0 radical (unpaired) electrons. The number of benzene rings is 2. The van der Waals surface area contributed by atoms with Gasteiger partial charge in [0.2, 0.25) is 15.9 Å². The summed E-state index contributed by atoms with van der Waals surface area (Å²) >= 11 is 1.72. The molecule has 5 rings (SSSR count). The molecule has 0 spiro atoms. The maximum absolute atomic E-state index is 14.0. The van der Waals surface area contributed by atoms with Crippen LogP contribution in [0.2, 0.25) is 0 Å². The van der Waals surface area contributed by atoms with Crippen molar-refractivity contribution in [3.05, 3.63) is 93.8 Å². The zero-order valence-electron chi connectivity index (χ0n) is 22.9. The number of para-hydroxylation sites is 1. The van der Waals surface area contributed by atoms with E-state index in [4.69, 9.17) is 0 Å². The summed E-state index contributed by atoms with van der Waals surface area (Å²) in [6.07, 6.45) is 2.96. The number of hydrogen-bond donors (Lipinski definition) is 0. The van der Waals surface area contributed by atoms with Crippen molar-refractivity contribution in [1.82, 2.24) is 14.2 Å². The normalized spacial score (nSPS) is 16.0. The lowest BCUT2D eigenvalue weighted by Crippen LogP contribution is -2.47. The zero-order chi connectivity index (χ0) is 27.8. The van der Waals surface area contributed by atoms with Crippen LogP contribution in [0.15, 0.2) is 77.1 Å². The van der Waals surface area contributed by atoms with Crippen LogP contribution in [0.5, 0.6) is 0 Å². The highest BCUT2D eigenvalue weighted by atomic mass is 32.2. The van der Waals surface area contributed by atoms with Crippen molar-refractivity contribution in [2.45, 2.75) is 56.9 Å². The van der Waals surface area contributed by atoms with Crippen molar-refractivity contribution in [1.29, 1.82) is 0 Å². The molecule has 0 N–H and O–H groups in total. The van der Waals surface area contributed by atoms with Crippen LogP contribution in [0, 0.1) is 0 Å². The van der Waals surface area contributed by atoms with Gasteiger partial charge in [0, 0.05) is 29.5 Å². The summed E-state index contributed by atoms with van der Waals surface area (Å²) in [4.78, 5) is 21.6. The Kier molecular flexibility index (Phi) is 7.64.